The van der Waals surface area contributed by atoms with E-state index in [0.29, 0.717) is 115 Å². The number of aliphatic hydroxyl groups excluding tert-OH is 1. The molecule has 22 heteroatoms. The third-order valence-corrected chi connectivity index (χ3v) is 18.8. The first-order valence-corrected chi connectivity index (χ1v) is 30.6. The molecule has 0 radical (unpaired) electrons. The van der Waals surface area contributed by atoms with Crippen LogP contribution >= 0.6 is 0 Å². The van der Waals surface area contributed by atoms with Gasteiger partial charge in [-0.2, -0.15) is 0 Å². The summed E-state index contributed by atoms with van der Waals surface area (Å²) in [7, 11) is 0. The number of anilines is 1. The van der Waals surface area contributed by atoms with E-state index in [2.05, 4.69) is 47.0 Å². The van der Waals surface area contributed by atoms with Crippen molar-refractivity contribution in [3.05, 3.63) is 48.1 Å². The zero-order chi connectivity index (χ0) is 62.8. The minimum Gasteiger partial charge on any atom is -0.486 e. The zero-order valence-corrected chi connectivity index (χ0v) is 51.2. The molecule has 0 spiro atoms. The molecule has 0 saturated heterocycles. The van der Waals surface area contributed by atoms with Crippen molar-refractivity contribution in [2.45, 2.75) is 149 Å². The van der Waals surface area contributed by atoms with E-state index >= 15 is 8.78 Å². The highest BCUT2D eigenvalue weighted by Gasteiger charge is 2.76. The molecule has 20 nitrogen and oxygen atoms in total. The molecule has 0 heterocycles. The van der Waals surface area contributed by atoms with Gasteiger partial charge in [0.1, 0.15) is 29.9 Å². The fourth-order valence-electron chi connectivity index (χ4n) is 13.7. The molecule has 6 aliphatic carbocycles. The normalized spacial score (nSPS) is 30.0. The number of hydrogen-bond acceptors (Lipinski definition) is 15. The molecule has 7 rings (SSSR count). The number of allylic oxidation sites excluding steroid dienone is 4. The van der Waals surface area contributed by atoms with Gasteiger partial charge in [0.25, 0.3) is 0 Å². The van der Waals surface area contributed by atoms with E-state index < -0.39 is 82.3 Å². The number of ether oxygens (including phenoxy) is 6. The predicted octanol–water partition coefficient (Wildman–Crippen LogP) is 6.68. The smallest absolute Gasteiger partial charge is 0.407 e. The first-order chi connectivity index (χ1) is 40.9. The number of halogens is 2. The highest BCUT2D eigenvalue weighted by atomic mass is 19.1. The summed E-state index contributed by atoms with van der Waals surface area (Å²) in [4.78, 5) is 85.1. The Hall–Kier alpha value is -5.83. The Balaban J connectivity index is 0.000000291. The van der Waals surface area contributed by atoms with Crippen LogP contribution in [0.1, 0.15) is 119 Å². The monoisotopic (exact) mass is 1210 g/mol. The summed E-state index contributed by atoms with van der Waals surface area (Å²) in [6.07, 6.45) is 5.09. The van der Waals surface area contributed by atoms with Gasteiger partial charge in [-0.25, -0.2) is 18.4 Å². The molecular weight excluding hydrogens is 1120 g/mol. The lowest BCUT2D eigenvalue weighted by Crippen LogP contribution is -2.70. The Bertz CT molecular complexity index is 2610. The maximum absolute atomic E-state index is 17.4. The van der Waals surface area contributed by atoms with Gasteiger partial charge in [-0.05, 0) is 143 Å². The number of carbonyl (C=O) groups is 7. The molecule has 8 N–H and O–H groups in total. The SMILES string of the molecule is CC(=O)C[C@@H](CCCNC(N)=O)C(=O)Nc1ccc(OCC(=O)[C@@]2(O)[C@H](C)C[C@H]3[C@@H]4C[C@H](F)C5=CC(=O)C=C[C@]5(C)[C@@]4(F)[C@@H](O)C[C@@]32C)cc1.CC(C)[C@@H](C)NC(=O)CCOCCOCCOCCOCCNC(=O)OCC1C2CCC#CCCC21. The zero-order valence-electron chi connectivity index (χ0n) is 51.2. The number of alkyl halides is 2. The Kier molecular flexibility index (Phi) is 25.7. The van der Waals surface area contributed by atoms with Crippen molar-refractivity contribution in [2.75, 3.05) is 84.5 Å². The third kappa shape index (κ3) is 17.5. The molecule has 0 aromatic heterocycles. The molecular formula is C64H93F2N5O15. The summed E-state index contributed by atoms with van der Waals surface area (Å²) in [6, 6.07) is 5.68. The lowest BCUT2D eigenvalue weighted by atomic mass is 9.44. The van der Waals surface area contributed by atoms with Crippen LogP contribution in [0.4, 0.5) is 24.1 Å². The fourth-order valence-corrected chi connectivity index (χ4v) is 13.7. The van der Waals surface area contributed by atoms with Crippen molar-refractivity contribution >= 4 is 47.0 Å². The maximum Gasteiger partial charge on any atom is 0.407 e. The van der Waals surface area contributed by atoms with Gasteiger partial charge in [0.15, 0.2) is 11.5 Å². The summed E-state index contributed by atoms with van der Waals surface area (Å²) < 4.78 is 66.0. The van der Waals surface area contributed by atoms with Gasteiger partial charge >= 0.3 is 12.1 Å². The molecule has 0 aliphatic heterocycles. The molecule has 2 unspecified atom stereocenters. The van der Waals surface area contributed by atoms with Crippen LogP contribution in [0.3, 0.4) is 0 Å². The Morgan fingerprint density at radius 3 is 2.07 bits per heavy atom. The van der Waals surface area contributed by atoms with Crippen LogP contribution in [0.15, 0.2) is 48.1 Å². The summed E-state index contributed by atoms with van der Waals surface area (Å²) in [6.45, 7) is 16.6. The molecule has 4 saturated carbocycles. The summed E-state index contributed by atoms with van der Waals surface area (Å²) >= 11 is 0. The van der Waals surface area contributed by atoms with Crippen LogP contribution in [0.2, 0.25) is 0 Å². The van der Waals surface area contributed by atoms with Gasteiger partial charge in [0.05, 0.1) is 65.6 Å². The van der Waals surface area contributed by atoms with Crippen molar-refractivity contribution in [1.82, 2.24) is 16.0 Å². The summed E-state index contributed by atoms with van der Waals surface area (Å²) in [5.41, 5.74) is -1.69. The number of ketones is 3. The van der Waals surface area contributed by atoms with Crippen molar-refractivity contribution in [1.29, 1.82) is 0 Å². The van der Waals surface area contributed by atoms with Gasteiger partial charge in [-0.3, -0.25) is 19.2 Å². The van der Waals surface area contributed by atoms with E-state index in [1.54, 1.807) is 26.0 Å². The Labute approximate surface area is 504 Å². The van der Waals surface area contributed by atoms with Gasteiger partial charge in [-0.1, -0.05) is 33.8 Å². The number of Topliss-reactive ketones (excluding diaryl/α,β-unsaturated/α-hetero) is 2. The highest BCUT2D eigenvalue weighted by Crippen LogP contribution is 2.71. The van der Waals surface area contributed by atoms with E-state index in [0.717, 1.165) is 31.8 Å². The van der Waals surface area contributed by atoms with Gasteiger partial charge in [0.2, 0.25) is 17.6 Å². The lowest BCUT2D eigenvalue weighted by Gasteiger charge is -2.63. The average molecular weight is 1210 g/mol. The van der Waals surface area contributed by atoms with E-state index in [1.807, 2.05) is 6.92 Å². The molecule has 1 aromatic carbocycles. The van der Waals surface area contributed by atoms with Crippen molar-refractivity contribution in [3.63, 3.8) is 0 Å². The molecule has 0 bridgehead atoms. The van der Waals surface area contributed by atoms with Crippen LogP contribution in [-0.4, -0.2) is 160 Å². The van der Waals surface area contributed by atoms with Crippen LogP contribution in [0.5, 0.6) is 5.75 Å². The number of urea groups is 1. The highest BCUT2D eigenvalue weighted by molar-refractivity contribution is 6.01. The largest absolute Gasteiger partial charge is 0.486 e. The van der Waals surface area contributed by atoms with E-state index in [1.165, 1.54) is 38.1 Å². The predicted molar refractivity (Wildman–Crippen MR) is 316 cm³/mol. The number of benzene rings is 1. The number of carbonyl (C=O) groups excluding carboxylic acids is 7. The van der Waals surface area contributed by atoms with Crippen LogP contribution < -0.4 is 31.7 Å². The van der Waals surface area contributed by atoms with Crippen LogP contribution in [0, 0.1) is 70.0 Å². The van der Waals surface area contributed by atoms with Gasteiger partial charge in [-0.15, -0.1) is 11.8 Å². The van der Waals surface area contributed by atoms with Crippen LogP contribution in [0.25, 0.3) is 0 Å². The Morgan fingerprint density at radius 1 is 0.849 bits per heavy atom. The molecule has 4 fully saturated rings. The topological polar surface area (TPSA) is 289 Å². The van der Waals surface area contributed by atoms with E-state index in [4.69, 9.17) is 34.2 Å². The summed E-state index contributed by atoms with van der Waals surface area (Å²) in [5, 5.41) is 34.6. The standard InChI is InChI=1S/C37H47F2N3O8.C27H46N2O7/c1-20-14-26-27-17-29(38)28-16-24(44)11-12-34(28,3)36(27,39)30(45)18-35(26,4)37(20,49)31(46)19-50-25-9-7-23(8-10-25)42-32(47)22(15-21(2)43)6-5-13-41-33(40)48;1-21(2)22(3)29-26(30)10-12-32-14-16-34-18-19-35-17-15-33-13-11-28-27(31)36-20-25-23-8-6-4-5-7-9-24(23)25/h7-12,16,20,22,26-27,29-30,45,49H,5-6,13-15,17-19H2,1-4H3,(H,42,47)(H3,40,41,48);21-25H,6-20H2,1-3H3,(H,28,31)(H,29,30)/t20-,22-,26+,27+,29+,30+,34+,35+,36+,37+;22-,23?,24?,25?/m11/s1. The number of fused-ring (bicyclic) bond motifs is 6. The third-order valence-electron chi connectivity index (χ3n) is 18.8. The molecule has 6 aliphatic rings. The van der Waals surface area contributed by atoms with E-state index in [9.17, 15) is 43.8 Å². The van der Waals surface area contributed by atoms with Crippen molar-refractivity contribution < 1.29 is 81.0 Å². The van der Waals surface area contributed by atoms with Crippen LogP contribution in [-0.2, 0) is 47.7 Å². The molecule has 86 heavy (non-hydrogen) atoms. The number of rotatable bonds is 31. The maximum atomic E-state index is 17.4. The number of primary amides is 1. The van der Waals surface area contributed by atoms with Gasteiger partial charge in [0, 0.05) is 73.2 Å². The second-order valence-electron chi connectivity index (χ2n) is 24.8. The lowest BCUT2D eigenvalue weighted by molar-refractivity contribution is -0.223. The van der Waals surface area contributed by atoms with E-state index in [-0.39, 0.29) is 73.3 Å². The number of nitrogens with one attached hydrogen (secondary N) is 4. The second kappa shape index (κ2) is 31.9. The van der Waals surface area contributed by atoms with Crippen molar-refractivity contribution in [3.8, 4) is 17.6 Å². The fraction of sp³-hybridized carbons (Fsp3) is 0.703. The van der Waals surface area contributed by atoms with Gasteiger partial charge < -0.3 is 70.4 Å². The second-order valence-corrected chi connectivity index (χ2v) is 24.8. The molecule has 13 atom stereocenters. The molecule has 1 aromatic rings. The first kappa shape index (κ1) is 69.3. The minimum absolute atomic E-state index is 0.00765. The summed E-state index contributed by atoms with van der Waals surface area (Å²) in [5.74, 6) is 4.39. The molecule has 478 valence electrons. The number of amides is 5. The average Bonchev–Trinajstić information content (AvgIpc) is 1.27. The number of nitrogens with two attached hydrogens (primary N) is 1. The molecule has 5 amide bonds. The number of alkyl carbamates (subject to hydrolysis) is 1. The van der Waals surface area contributed by atoms with Crippen molar-refractivity contribution in [2.24, 2.45) is 63.9 Å². The minimum atomic E-state index is -2.32. The Morgan fingerprint density at radius 2 is 1.47 bits per heavy atom. The number of aliphatic hydroxyl groups is 2. The number of hydrogen-bond donors (Lipinski definition) is 7. The first-order valence-electron chi connectivity index (χ1n) is 30.6. The quantitative estimate of drug-likeness (QED) is 0.0301.